The lowest BCUT2D eigenvalue weighted by molar-refractivity contribution is 0.590. The van der Waals surface area contributed by atoms with Crippen LogP contribution in [-0.4, -0.2) is 0 Å². The Hall–Kier alpha value is -8.30. The Balaban J connectivity index is 0.972. The maximum absolute atomic E-state index is 2.52. The molecule has 2 heteroatoms. The van der Waals surface area contributed by atoms with E-state index in [0.717, 1.165) is 17.1 Å². The summed E-state index contributed by atoms with van der Waals surface area (Å²) in [4.78, 5) is 2.52. The molecule has 1 spiro atoms. The monoisotopic (exact) mass is 923 g/mol. The van der Waals surface area contributed by atoms with E-state index in [-0.39, 0.29) is 5.41 Å². The zero-order valence-corrected chi connectivity index (χ0v) is 40.8. The summed E-state index contributed by atoms with van der Waals surface area (Å²) in [5.74, 6) is 0. The number of hydrogen-bond donors (Lipinski definition) is 0. The minimum absolute atomic E-state index is 0.122. The van der Waals surface area contributed by atoms with Crippen LogP contribution in [0.3, 0.4) is 0 Å². The van der Waals surface area contributed by atoms with Gasteiger partial charge in [-0.25, -0.2) is 0 Å². The van der Waals surface area contributed by atoms with Crippen molar-refractivity contribution in [2.45, 2.75) is 31.6 Å². The van der Waals surface area contributed by atoms with Crippen LogP contribution in [0.5, 0.6) is 0 Å². The van der Waals surface area contributed by atoms with Crippen LogP contribution in [0.4, 0.5) is 17.1 Å². The van der Waals surface area contributed by atoms with Crippen molar-refractivity contribution >= 4 is 59.3 Å². The molecule has 2 aliphatic rings. The lowest BCUT2D eigenvalue weighted by Crippen LogP contribution is -2.25. The Morgan fingerprint density at radius 2 is 0.845 bits per heavy atom. The van der Waals surface area contributed by atoms with Crippen LogP contribution < -0.4 is 4.90 Å². The number of hydrogen-bond acceptors (Lipinski definition) is 2. The Bertz CT molecular complexity index is 4030. The lowest BCUT2D eigenvalue weighted by Gasteiger charge is -2.32. The van der Waals surface area contributed by atoms with Crippen molar-refractivity contribution in [1.82, 2.24) is 0 Å². The predicted octanol–water partition coefficient (Wildman–Crippen LogP) is 19.3. The van der Waals surface area contributed by atoms with Crippen molar-refractivity contribution in [1.29, 1.82) is 0 Å². The van der Waals surface area contributed by atoms with E-state index in [1.807, 2.05) is 11.3 Å². The van der Waals surface area contributed by atoms with Gasteiger partial charge in [0.15, 0.2) is 0 Å². The zero-order chi connectivity index (χ0) is 47.4. The summed E-state index contributed by atoms with van der Waals surface area (Å²) >= 11 is 1.88. The second-order valence-electron chi connectivity index (χ2n) is 20.4. The van der Waals surface area contributed by atoms with Gasteiger partial charge in [0.25, 0.3) is 0 Å². The molecule has 11 aromatic carbocycles. The fourth-order valence-corrected chi connectivity index (χ4v) is 13.3. The summed E-state index contributed by atoms with van der Waals surface area (Å²) in [6.45, 7) is 6.80. The molecule has 0 bridgehead atoms. The first kappa shape index (κ1) is 41.7. The molecule has 0 amide bonds. The molecule has 0 atom stereocenters. The third kappa shape index (κ3) is 6.31. The van der Waals surface area contributed by atoms with Crippen LogP contribution in [-0.2, 0) is 10.8 Å². The average molecular weight is 924 g/mol. The molecule has 1 aromatic heterocycles. The highest BCUT2D eigenvalue weighted by Crippen LogP contribution is 2.63. The molecule has 0 N–H and O–H groups in total. The van der Waals surface area contributed by atoms with Gasteiger partial charge in [0.05, 0.1) is 11.1 Å². The van der Waals surface area contributed by atoms with E-state index in [2.05, 4.69) is 268 Å². The molecule has 1 heterocycles. The molecule has 0 aliphatic heterocycles. The quantitative estimate of drug-likeness (QED) is 0.161. The highest BCUT2D eigenvalue weighted by molar-refractivity contribution is 7.26. The largest absolute Gasteiger partial charge is 0.310 e. The molecule has 0 radical (unpaired) electrons. The summed E-state index contributed by atoms with van der Waals surface area (Å²) in [6, 6.07) is 91.2. The average Bonchev–Trinajstić information content (AvgIpc) is 4.07. The molecule has 0 saturated heterocycles. The van der Waals surface area contributed by atoms with E-state index < -0.39 is 5.41 Å². The standard InChI is InChI=1S/C69H49NS/c1-68(2,3)49-36-31-46(32-37-49)44-27-29-45(30-28-44)47-33-38-50(39-34-47)70(63-42-35-48-15-4-5-16-52(48)66(63)57-21-14-26-65-67(57)56-20-9-13-25-64(56)71-65)51-40-41-62-58(43-51)55-19-8-12-24-61(55)69(62)59-22-10-6-17-53(59)54-18-7-11-23-60(54)69/h4-43H,1-3H3. The molecule has 71 heavy (non-hydrogen) atoms. The van der Waals surface area contributed by atoms with Crippen molar-refractivity contribution in [2.75, 3.05) is 4.90 Å². The number of thiophene rings is 1. The van der Waals surface area contributed by atoms with Crippen molar-refractivity contribution < 1.29 is 0 Å². The van der Waals surface area contributed by atoms with Crippen LogP contribution >= 0.6 is 11.3 Å². The highest BCUT2D eigenvalue weighted by Gasteiger charge is 2.51. The maximum atomic E-state index is 2.52. The van der Waals surface area contributed by atoms with Gasteiger partial charge < -0.3 is 4.90 Å². The van der Waals surface area contributed by atoms with Crippen molar-refractivity contribution in [2.24, 2.45) is 0 Å². The molecule has 0 fully saturated rings. The van der Waals surface area contributed by atoms with Gasteiger partial charge in [-0.2, -0.15) is 0 Å². The number of rotatable bonds is 6. The molecule has 12 aromatic rings. The minimum atomic E-state index is -0.417. The maximum Gasteiger partial charge on any atom is 0.0725 e. The smallest absolute Gasteiger partial charge is 0.0725 e. The highest BCUT2D eigenvalue weighted by atomic mass is 32.1. The van der Waals surface area contributed by atoms with Crippen LogP contribution in [0.15, 0.2) is 243 Å². The van der Waals surface area contributed by atoms with Gasteiger partial charge in [0, 0.05) is 37.1 Å². The van der Waals surface area contributed by atoms with Crippen LogP contribution in [0.2, 0.25) is 0 Å². The SMILES string of the molecule is CC(C)(C)c1ccc(-c2ccc(-c3ccc(N(c4ccc5c(c4)-c4ccccc4C54c5ccccc5-c5ccccc54)c4ccc5ccccc5c4-c4cccc5sc6ccccc6c45)cc3)cc2)cc1. The molecule has 0 saturated carbocycles. The number of fused-ring (bicyclic) bond motifs is 14. The topological polar surface area (TPSA) is 3.24 Å². The normalized spacial score (nSPS) is 13.1. The van der Waals surface area contributed by atoms with Gasteiger partial charge in [0.2, 0.25) is 0 Å². The number of anilines is 3. The van der Waals surface area contributed by atoms with Gasteiger partial charge in [-0.15, -0.1) is 11.3 Å². The van der Waals surface area contributed by atoms with Gasteiger partial charge >= 0.3 is 0 Å². The number of benzene rings is 11. The van der Waals surface area contributed by atoms with Crippen molar-refractivity contribution in [3.05, 3.63) is 270 Å². The Morgan fingerprint density at radius 3 is 1.48 bits per heavy atom. The van der Waals surface area contributed by atoms with Crippen LogP contribution in [0.1, 0.15) is 48.6 Å². The second kappa shape index (κ2) is 15.9. The van der Waals surface area contributed by atoms with E-state index in [4.69, 9.17) is 0 Å². The third-order valence-corrected chi connectivity index (χ3v) is 16.6. The second-order valence-corrected chi connectivity index (χ2v) is 21.4. The lowest BCUT2D eigenvalue weighted by atomic mass is 9.70. The predicted molar refractivity (Wildman–Crippen MR) is 303 cm³/mol. The Morgan fingerprint density at radius 1 is 0.366 bits per heavy atom. The molecule has 0 unspecified atom stereocenters. The molecular weight excluding hydrogens is 875 g/mol. The van der Waals surface area contributed by atoms with Gasteiger partial charge in [-0.05, 0) is 137 Å². The Kier molecular flexibility index (Phi) is 9.31. The summed E-state index contributed by atoms with van der Waals surface area (Å²) in [5.41, 5.74) is 22.3. The fourth-order valence-electron chi connectivity index (χ4n) is 12.2. The summed E-state index contributed by atoms with van der Waals surface area (Å²) in [6.07, 6.45) is 0. The third-order valence-electron chi connectivity index (χ3n) is 15.5. The zero-order valence-electron chi connectivity index (χ0n) is 39.9. The van der Waals surface area contributed by atoms with Gasteiger partial charge in [-0.3, -0.25) is 0 Å². The molecule has 336 valence electrons. The van der Waals surface area contributed by atoms with Gasteiger partial charge in [0.1, 0.15) is 0 Å². The molecule has 1 nitrogen and oxygen atoms in total. The first-order valence-corrected chi connectivity index (χ1v) is 25.6. The molecule has 2 aliphatic carbocycles. The van der Waals surface area contributed by atoms with E-state index >= 15 is 0 Å². The van der Waals surface area contributed by atoms with E-state index in [1.54, 1.807) is 0 Å². The van der Waals surface area contributed by atoms with Crippen molar-refractivity contribution in [3.63, 3.8) is 0 Å². The first-order valence-electron chi connectivity index (χ1n) is 24.8. The van der Waals surface area contributed by atoms with Gasteiger partial charge in [-0.1, -0.05) is 221 Å². The minimum Gasteiger partial charge on any atom is -0.310 e. The van der Waals surface area contributed by atoms with E-state index in [0.29, 0.717) is 0 Å². The van der Waals surface area contributed by atoms with Crippen LogP contribution in [0.25, 0.3) is 86.6 Å². The molecular formula is C69H49NS. The summed E-state index contributed by atoms with van der Waals surface area (Å²) in [7, 11) is 0. The Labute approximate surface area is 419 Å². The van der Waals surface area contributed by atoms with E-state index in [9.17, 15) is 0 Å². The first-order chi connectivity index (χ1) is 34.8. The van der Waals surface area contributed by atoms with Crippen LogP contribution in [0, 0.1) is 0 Å². The fraction of sp³-hybridized carbons (Fsp3) is 0.0725. The van der Waals surface area contributed by atoms with Crippen molar-refractivity contribution in [3.8, 4) is 55.6 Å². The molecule has 14 rings (SSSR count). The summed E-state index contributed by atoms with van der Waals surface area (Å²) < 4.78 is 2.60. The summed E-state index contributed by atoms with van der Waals surface area (Å²) in [5, 5.41) is 5.04. The number of nitrogens with zero attached hydrogens (tertiary/aromatic N) is 1. The van der Waals surface area contributed by atoms with E-state index in [1.165, 1.54) is 114 Å².